The molecule has 2 aliphatic heterocycles. The van der Waals surface area contributed by atoms with Crippen molar-refractivity contribution < 1.29 is 0 Å². The number of likely N-dealkylation sites (N-methyl/N-ethyl adjacent to an activating group) is 1. The molecule has 0 amide bonds. The maximum atomic E-state index is 3.66. The first-order valence-electron chi connectivity index (χ1n) is 6.87. The Bertz CT molecular complexity index is 435. The van der Waals surface area contributed by atoms with Crippen LogP contribution >= 0.6 is 11.3 Å². The van der Waals surface area contributed by atoms with Crippen molar-refractivity contribution in [3.63, 3.8) is 0 Å². The smallest absolute Gasteiger partial charge is 0.0445 e. The number of hydrogen-bond acceptors (Lipinski definition) is 3. The van der Waals surface area contributed by atoms with Gasteiger partial charge in [-0.2, -0.15) is 0 Å². The van der Waals surface area contributed by atoms with E-state index >= 15 is 0 Å². The first-order valence-corrected chi connectivity index (χ1v) is 7.75. The second-order valence-electron chi connectivity index (χ2n) is 5.88. The minimum Gasteiger partial charge on any atom is -0.310 e. The lowest BCUT2D eigenvalue weighted by Crippen LogP contribution is -2.33. The van der Waals surface area contributed by atoms with Crippen molar-refractivity contribution >= 4 is 11.3 Å². The number of thiophene rings is 1. The van der Waals surface area contributed by atoms with E-state index in [0.717, 1.165) is 24.7 Å². The zero-order valence-electron chi connectivity index (χ0n) is 10.4. The largest absolute Gasteiger partial charge is 0.310 e. The molecule has 1 aliphatic carbocycles. The van der Waals surface area contributed by atoms with E-state index in [4.69, 9.17) is 0 Å². The summed E-state index contributed by atoms with van der Waals surface area (Å²) in [6.45, 7) is 1.11. The number of rotatable bonds is 3. The van der Waals surface area contributed by atoms with Crippen LogP contribution in [0.1, 0.15) is 47.7 Å². The molecule has 2 unspecified atom stereocenters. The van der Waals surface area contributed by atoms with Crippen LogP contribution in [-0.2, 0) is 13.0 Å². The Morgan fingerprint density at radius 1 is 1.35 bits per heavy atom. The molecule has 3 aliphatic rings. The van der Waals surface area contributed by atoms with E-state index in [1.807, 2.05) is 11.3 Å². The average Bonchev–Trinajstić information content (AvgIpc) is 3.03. The molecule has 2 atom stereocenters. The molecular formula is C14H20N2S. The van der Waals surface area contributed by atoms with E-state index in [-0.39, 0.29) is 0 Å². The van der Waals surface area contributed by atoms with Crippen LogP contribution in [0.15, 0.2) is 5.38 Å². The maximum absolute atomic E-state index is 3.66. The third-order valence-electron chi connectivity index (χ3n) is 4.76. The summed E-state index contributed by atoms with van der Waals surface area (Å²) in [6, 6.07) is 2.39. The summed E-state index contributed by atoms with van der Waals surface area (Å²) in [5, 5.41) is 6.07. The fourth-order valence-electron chi connectivity index (χ4n) is 3.45. The summed E-state index contributed by atoms with van der Waals surface area (Å²) in [5.41, 5.74) is 3.30. The summed E-state index contributed by atoms with van der Waals surface area (Å²) in [6.07, 6.45) is 6.86. The Balaban J connectivity index is 1.60. The summed E-state index contributed by atoms with van der Waals surface area (Å²) >= 11 is 2.01. The molecule has 92 valence electrons. The van der Waals surface area contributed by atoms with E-state index < -0.39 is 0 Å². The third kappa shape index (κ3) is 1.67. The Hall–Kier alpha value is -0.380. The zero-order valence-corrected chi connectivity index (χ0v) is 11.2. The Labute approximate surface area is 107 Å². The quantitative estimate of drug-likeness (QED) is 0.885. The Morgan fingerprint density at radius 2 is 2.24 bits per heavy atom. The highest BCUT2D eigenvalue weighted by atomic mass is 32.1. The maximum Gasteiger partial charge on any atom is 0.0445 e. The molecule has 17 heavy (non-hydrogen) atoms. The first-order chi connectivity index (χ1) is 8.33. The van der Waals surface area contributed by atoms with Crippen molar-refractivity contribution in [2.45, 2.75) is 56.8 Å². The molecule has 2 nitrogen and oxygen atoms in total. The number of nitrogens with one attached hydrogen (secondary N) is 1. The highest BCUT2D eigenvalue weighted by Crippen LogP contribution is 2.46. The highest BCUT2D eigenvalue weighted by Gasteiger charge is 2.39. The highest BCUT2D eigenvalue weighted by molar-refractivity contribution is 7.10. The molecular weight excluding hydrogens is 228 g/mol. The number of nitrogens with zero attached hydrogens (tertiary/aromatic N) is 1. The average molecular weight is 248 g/mol. The fourth-order valence-corrected chi connectivity index (χ4v) is 4.74. The molecule has 1 saturated carbocycles. The van der Waals surface area contributed by atoms with Gasteiger partial charge in [0.05, 0.1) is 0 Å². The minimum atomic E-state index is 0.739. The molecule has 3 heterocycles. The van der Waals surface area contributed by atoms with Gasteiger partial charge in [0, 0.05) is 29.5 Å². The van der Waals surface area contributed by atoms with Crippen LogP contribution in [0.4, 0.5) is 0 Å². The van der Waals surface area contributed by atoms with Gasteiger partial charge < -0.3 is 5.32 Å². The van der Waals surface area contributed by atoms with Crippen LogP contribution in [-0.4, -0.2) is 24.0 Å². The minimum absolute atomic E-state index is 0.739. The standard InChI is InChI=1S/C14H20N2S/c1-16-11-4-5-13(16)14-12(6-11)9(8-17-14)7-15-10-2-3-10/h8,10-11,13,15H,2-7H2,1H3. The molecule has 0 aromatic carbocycles. The van der Waals surface area contributed by atoms with Crippen molar-refractivity contribution in [1.29, 1.82) is 0 Å². The lowest BCUT2D eigenvalue weighted by atomic mass is 9.98. The monoisotopic (exact) mass is 248 g/mol. The Morgan fingerprint density at radius 3 is 3.06 bits per heavy atom. The van der Waals surface area contributed by atoms with Gasteiger partial charge in [0.15, 0.2) is 0 Å². The van der Waals surface area contributed by atoms with Crippen LogP contribution in [0.25, 0.3) is 0 Å². The molecule has 1 aromatic rings. The molecule has 1 N–H and O–H groups in total. The van der Waals surface area contributed by atoms with Crippen molar-refractivity contribution in [3.8, 4) is 0 Å². The van der Waals surface area contributed by atoms with Crippen molar-refractivity contribution in [2.75, 3.05) is 7.05 Å². The van der Waals surface area contributed by atoms with Gasteiger partial charge in [-0.1, -0.05) is 0 Å². The predicted octanol–water partition coefficient (Wildman–Crippen LogP) is 2.69. The summed E-state index contributed by atoms with van der Waals surface area (Å²) in [5.74, 6) is 0. The van der Waals surface area contributed by atoms with E-state index in [2.05, 4.69) is 22.6 Å². The number of fused-ring (bicyclic) bond motifs is 4. The topological polar surface area (TPSA) is 15.3 Å². The normalized spacial score (nSPS) is 31.8. The van der Waals surface area contributed by atoms with Crippen LogP contribution in [0, 0.1) is 0 Å². The van der Waals surface area contributed by atoms with Crippen LogP contribution in [0.5, 0.6) is 0 Å². The van der Waals surface area contributed by atoms with Crippen molar-refractivity contribution in [2.24, 2.45) is 0 Å². The second kappa shape index (κ2) is 3.81. The molecule has 3 heteroatoms. The van der Waals surface area contributed by atoms with Gasteiger partial charge >= 0.3 is 0 Å². The summed E-state index contributed by atoms with van der Waals surface area (Å²) in [4.78, 5) is 4.28. The zero-order chi connectivity index (χ0) is 11.4. The Kier molecular flexibility index (Phi) is 2.36. The van der Waals surface area contributed by atoms with E-state index in [9.17, 15) is 0 Å². The van der Waals surface area contributed by atoms with E-state index in [1.165, 1.54) is 32.1 Å². The van der Waals surface area contributed by atoms with Crippen molar-refractivity contribution in [1.82, 2.24) is 10.2 Å². The van der Waals surface area contributed by atoms with Crippen LogP contribution in [0.2, 0.25) is 0 Å². The van der Waals surface area contributed by atoms with Gasteiger partial charge in [-0.3, -0.25) is 4.90 Å². The third-order valence-corrected chi connectivity index (χ3v) is 5.93. The summed E-state index contributed by atoms with van der Waals surface area (Å²) < 4.78 is 0. The fraction of sp³-hybridized carbons (Fsp3) is 0.714. The molecule has 4 rings (SSSR count). The van der Waals surface area contributed by atoms with Gasteiger partial charge in [-0.05, 0) is 55.7 Å². The predicted molar refractivity (Wildman–Crippen MR) is 71.4 cm³/mol. The lowest BCUT2D eigenvalue weighted by molar-refractivity contribution is 0.227. The van der Waals surface area contributed by atoms with Crippen molar-refractivity contribution in [3.05, 3.63) is 21.4 Å². The number of hydrogen-bond donors (Lipinski definition) is 1. The van der Waals surface area contributed by atoms with Gasteiger partial charge in [0.1, 0.15) is 0 Å². The molecule has 2 fully saturated rings. The molecule has 1 aromatic heterocycles. The van der Waals surface area contributed by atoms with Crippen LogP contribution in [0.3, 0.4) is 0 Å². The van der Waals surface area contributed by atoms with Gasteiger partial charge in [-0.25, -0.2) is 0 Å². The molecule has 0 radical (unpaired) electrons. The molecule has 1 saturated heterocycles. The van der Waals surface area contributed by atoms with E-state index in [1.54, 1.807) is 16.0 Å². The van der Waals surface area contributed by atoms with E-state index in [0.29, 0.717) is 0 Å². The molecule has 0 spiro atoms. The molecule has 2 bridgehead atoms. The van der Waals surface area contributed by atoms with Gasteiger partial charge in [0.25, 0.3) is 0 Å². The van der Waals surface area contributed by atoms with Gasteiger partial charge in [-0.15, -0.1) is 11.3 Å². The lowest BCUT2D eigenvalue weighted by Gasteiger charge is -2.31. The second-order valence-corrected chi connectivity index (χ2v) is 6.79. The summed E-state index contributed by atoms with van der Waals surface area (Å²) in [7, 11) is 2.31. The SMILES string of the molecule is CN1C2CCC1c1scc(CNC3CC3)c1C2. The first kappa shape index (κ1) is 10.5. The van der Waals surface area contributed by atoms with Crippen LogP contribution < -0.4 is 5.32 Å². The van der Waals surface area contributed by atoms with Gasteiger partial charge in [0.2, 0.25) is 0 Å².